The summed E-state index contributed by atoms with van der Waals surface area (Å²) in [6, 6.07) is 10.2. The zero-order valence-electron chi connectivity index (χ0n) is 11.0. The molecule has 1 rings (SSSR count). The summed E-state index contributed by atoms with van der Waals surface area (Å²) < 4.78 is 0. The molecule has 0 saturated heterocycles. The average molecular weight is 250 g/mol. The number of allylic oxidation sites excluding steroid dienone is 4. The van der Waals surface area contributed by atoms with E-state index in [9.17, 15) is 4.79 Å². The van der Waals surface area contributed by atoms with Gasteiger partial charge in [-0.1, -0.05) is 67.1 Å². The number of unbranched alkanes of at least 4 members (excludes halogenated alkanes) is 2. The molecule has 0 unspecified atom stereocenters. The predicted molar refractivity (Wildman–Crippen MR) is 81.4 cm³/mol. The van der Waals surface area contributed by atoms with E-state index in [1.165, 1.54) is 11.6 Å². The second kappa shape index (κ2) is 9.67. The van der Waals surface area contributed by atoms with E-state index >= 15 is 0 Å². The molecule has 0 spiro atoms. The van der Waals surface area contributed by atoms with Crippen LogP contribution in [-0.2, 0) is 4.79 Å². The van der Waals surface area contributed by atoms with Crippen LogP contribution in [0.2, 0.25) is 0 Å². The van der Waals surface area contributed by atoms with E-state index < -0.39 is 0 Å². The summed E-state index contributed by atoms with van der Waals surface area (Å²) in [5.74, 6) is 5.29. The summed E-state index contributed by atoms with van der Waals surface area (Å²) in [5, 5.41) is 0. The highest BCUT2D eigenvalue weighted by molar-refractivity contribution is 6.04. The van der Waals surface area contributed by atoms with Gasteiger partial charge in [0, 0.05) is 6.42 Å². The molecule has 19 heavy (non-hydrogen) atoms. The Morgan fingerprint density at radius 3 is 2.79 bits per heavy atom. The number of carbonyl (C=O) groups excluding carboxylic acids is 1. The lowest BCUT2D eigenvalue weighted by Gasteiger charge is -1.91. The zero-order valence-corrected chi connectivity index (χ0v) is 11.0. The summed E-state index contributed by atoms with van der Waals surface area (Å²) in [5.41, 5.74) is 1.21. The van der Waals surface area contributed by atoms with Gasteiger partial charge in [-0.05, 0) is 30.4 Å². The first-order valence-corrected chi connectivity index (χ1v) is 6.36. The highest BCUT2D eigenvalue weighted by Gasteiger charge is 1.86. The van der Waals surface area contributed by atoms with Crippen LogP contribution in [0.1, 0.15) is 24.8 Å². The average Bonchev–Trinajstić information content (AvgIpc) is 2.45. The van der Waals surface area contributed by atoms with E-state index in [-0.39, 0.29) is 5.78 Å². The third-order valence-corrected chi connectivity index (χ3v) is 2.38. The molecular formula is C18H18O. The van der Waals surface area contributed by atoms with Crippen LogP contribution in [-0.4, -0.2) is 5.78 Å². The van der Waals surface area contributed by atoms with E-state index in [0.29, 0.717) is 0 Å². The topological polar surface area (TPSA) is 17.1 Å². The van der Waals surface area contributed by atoms with Gasteiger partial charge in [0.2, 0.25) is 5.78 Å². The van der Waals surface area contributed by atoms with Crippen LogP contribution in [0.25, 0.3) is 6.08 Å². The maximum Gasteiger partial charge on any atom is 0.228 e. The van der Waals surface area contributed by atoms with Crippen molar-refractivity contribution in [3.05, 3.63) is 66.8 Å². The van der Waals surface area contributed by atoms with Gasteiger partial charge in [-0.2, -0.15) is 0 Å². The van der Waals surface area contributed by atoms with Gasteiger partial charge in [0.25, 0.3) is 0 Å². The molecule has 0 N–H and O–H groups in total. The van der Waals surface area contributed by atoms with E-state index in [2.05, 4.69) is 42.7 Å². The normalized spacial score (nSPS) is 10.3. The second-order valence-corrected chi connectivity index (χ2v) is 3.97. The van der Waals surface area contributed by atoms with Gasteiger partial charge in [-0.3, -0.25) is 4.79 Å². The Bertz CT molecular complexity index is 510. The van der Waals surface area contributed by atoms with Gasteiger partial charge in [-0.15, -0.1) is 0 Å². The minimum Gasteiger partial charge on any atom is -0.280 e. The minimum atomic E-state index is -0.167. The van der Waals surface area contributed by atoms with Crippen molar-refractivity contribution >= 4 is 11.9 Å². The third kappa shape index (κ3) is 7.57. The number of hydrogen-bond acceptors (Lipinski definition) is 1. The van der Waals surface area contributed by atoms with Crippen LogP contribution < -0.4 is 0 Å². The van der Waals surface area contributed by atoms with E-state index in [4.69, 9.17) is 0 Å². The number of carbonyl (C=O) groups is 1. The predicted octanol–water partition coefficient (Wildman–Crippen LogP) is 4.18. The molecule has 0 atom stereocenters. The third-order valence-electron chi connectivity index (χ3n) is 2.38. The molecule has 1 nitrogen and oxygen atoms in total. The van der Waals surface area contributed by atoms with Gasteiger partial charge in [-0.25, -0.2) is 0 Å². The molecule has 0 aliphatic rings. The van der Waals surface area contributed by atoms with Crippen molar-refractivity contribution in [3.8, 4) is 11.8 Å². The van der Waals surface area contributed by atoms with Crippen molar-refractivity contribution in [2.75, 3.05) is 0 Å². The van der Waals surface area contributed by atoms with Crippen molar-refractivity contribution in [3.63, 3.8) is 0 Å². The van der Waals surface area contributed by atoms with Crippen LogP contribution in [0.4, 0.5) is 0 Å². The van der Waals surface area contributed by atoms with Crippen molar-refractivity contribution in [1.82, 2.24) is 0 Å². The number of ketones is 1. The standard InChI is InChI=1S/C18H18O/c1-2-3-15-18(19)16-11-6-4-5-8-12-17-13-9-7-10-14-17/h2-3,7-10,12-15H,1,4-6H2/b12-8?,15-3-. The largest absolute Gasteiger partial charge is 0.280 e. The first kappa shape index (κ1) is 14.7. The maximum absolute atomic E-state index is 11.2. The second-order valence-electron chi connectivity index (χ2n) is 3.97. The van der Waals surface area contributed by atoms with Gasteiger partial charge in [0.15, 0.2) is 0 Å². The van der Waals surface area contributed by atoms with Gasteiger partial charge in [0.05, 0.1) is 0 Å². The van der Waals surface area contributed by atoms with Gasteiger partial charge in [0.1, 0.15) is 0 Å². The molecule has 1 aromatic carbocycles. The lowest BCUT2D eigenvalue weighted by molar-refractivity contribution is -0.109. The first-order chi connectivity index (χ1) is 9.33. The highest BCUT2D eigenvalue weighted by Crippen LogP contribution is 2.03. The van der Waals surface area contributed by atoms with Gasteiger partial charge >= 0.3 is 0 Å². The molecule has 0 radical (unpaired) electrons. The van der Waals surface area contributed by atoms with Crippen molar-refractivity contribution in [2.24, 2.45) is 0 Å². The highest BCUT2D eigenvalue weighted by atomic mass is 16.1. The van der Waals surface area contributed by atoms with Gasteiger partial charge < -0.3 is 0 Å². The maximum atomic E-state index is 11.2. The SMILES string of the molecule is C=C/C=C\C(=O)C#CCCCC=Cc1ccccc1. The van der Waals surface area contributed by atoms with E-state index in [1.54, 1.807) is 12.2 Å². The smallest absolute Gasteiger partial charge is 0.228 e. The van der Waals surface area contributed by atoms with Crippen molar-refractivity contribution in [1.29, 1.82) is 0 Å². The fraction of sp³-hybridized carbons (Fsp3) is 0.167. The molecule has 1 heteroatoms. The summed E-state index contributed by atoms with van der Waals surface area (Å²) >= 11 is 0. The Hall–Kier alpha value is -2.33. The monoisotopic (exact) mass is 250 g/mol. The zero-order chi connectivity index (χ0) is 13.8. The summed E-state index contributed by atoms with van der Waals surface area (Å²) in [7, 11) is 0. The quantitative estimate of drug-likeness (QED) is 0.243. The number of benzene rings is 1. The van der Waals surface area contributed by atoms with Crippen LogP contribution >= 0.6 is 0 Å². The summed E-state index contributed by atoms with van der Waals surface area (Å²) in [6.45, 7) is 3.49. The van der Waals surface area contributed by atoms with Crippen molar-refractivity contribution in [2.45, 2.75) is 19.3 Å². The molecular weight excluding hydrogens is 232 g/mol. The Morgan fingerprint density at radius 1 is 1.26 bits per heavy atom. The summed E-state index contributed by atoms with van der Waals surface area (Å²) in [4.78, 5) is 11.2. The first-order valence-electron chi connectivity index (χ1n) is 6.36. The van der Waals surface area contributed by atoms with Crippen LogP contribution in [0.15, 0.2) is 61.2 Å². The number of rotatable bonds is 6. The van der Waals surface area contributed by atoms with Crippen molar-refractivity contribution < 1.29 is 4.79 Å². The minimum absolute atomic E-state index is 0.167. The molecule has 0 saturated carbocycles. The molecule has 0 amide bonds. The summed E-state index contributed by atoms with van der Waals surface area (Å²) in [6.07, 6.45) is 11.5. The van der Waals surface area contributed by atoms with Crippen LogP contribution in [0, 0.1) is 11.8 Å². The molecule has 0 aromatic heterocycles. The fourth-order valence-electron chi connectivity index (χ4n) is 1.44. The molecule has 0 fully saturated rings. The van der Waals surface area contributed by atoms with E-state index in [1.807, 2.05) is 18.2 Å². The Morgan fingerprint density at radius 2 is 2.05 bits per heavy atom. The van der Waals surface area contributed by atoms with E-state index in [0.717, 1.165) is 19.3 Å². The lowest BCUT2D eigenvalue weighted by atomic mass is 10.1. The Balaban J connectivity index is 2.20. The Kier molecular flexibility index (Phi) is 7.50. The molecule has 96 valence electrons. The number of hydrogen-bond donors (Lipinski definition) is 0. The van der Waals surface area contributed by atoms with Crippen LogP contribution in [0.3, 0.4) is 0 Å². The molecule has 0 bridgehead atoms. The van der Waals surface area contributed by atoms with Crippen LogP contribution in [0.5, 0.6) is 0 Å². The molecule has 1 aromatic rings. The fourth-order valence-corrected chi connectivity index (χ4v) is 1.44. The lowest BCUT2D eigenvalue weighted by Crippen LogP contribution is -1.84. The Labute approximate surface area is 115 Å². The molecule has 0 heterocycles. The molecule has 0 aliphatic carbocycles. The molecule has 0 aliphatic heterocycles.